The van der Waals surface area contributed by atoms with Gasteiger partial charge >= 0.3 is 12.4 Å². The number of rotatable bonds is 2. The molecule has 1 aliphatic carbocycles. The zero-order valence-electron chi connectivity index (χ0n) is 19.8. The van der Waals surface area contributed by atoms with Crippen LogP contribution in [-0.4, -0.2) is 0 Å². The molecule has 0 heterocycles. The molecular formula is C30H12F8N2. The smallest absolute Gasteiger partial charge is 0.206 e. The Balaban J connectivity index is 1.64. The summed E-state index contributed by atoms with van der Waals surface area (Å²) in [4.78, 5) is 0. The monoisotopic (exact) mass is 552 g/mol. The van der Waals surface area contributed by atoms with Gasteiger partial charge in [0, 0.05) is 5.57 Å². The summed E-state index contributed by atoms with van der Waals surface area (Å²) in [6, 6.07) is 17.9. The second-order valence-corrected chi connectivity index (χ2v) is 8.88. The van der Waals surface area contributed by atoms with Gasteiger partial charge in [-0.05, 0) is 80.9 Å². The van der Waals surface area contributed by atoms with Crippen LogP contribution in [0.4, 0.5) is 35.1 Å². The number of alkyl halides is 6. The fourth-order valence-corrected chi connectivity index (χ4v) is 4.73. The summed E-state index contributed by atoms with van der Waals surface area (Å²) in [5.41, 5.74) is -0.200. The Kier molecular flexibility index (Phi) is 6.23. The van der Waals surface area contributed by atoms with Crippen molar-refractivity contribution in [3.8, 4) is 45.5 Å². The summed E-state index contributed by atoms with van der Waals surface area (Å²) in [6.45, 7) is 0. The molecule has 40 heavy (non-hydrogen) atoms. The largest absolute Gasteiger partial charge is 0.419 e. The molecule has 2 nitrogen and oxygen atoms in total. The summed E-state index contributed by atoms with van der Waals surface area (Å²) in [5.74, 6) is -2.93. The SMILES string of the molecule is N#CC(C#N)=C1c2cc(-c3ccc(C(F)(F)F)c(F)c3)ccc2-c2ccc(-c3ccc(C(F)(F)F)c(F)c3)cc21. The standard InChI is InChI=1S/C30H12F8N2/c31-26-11-17(3-7-24(26)29(33,34)35)15-1-5-20-21-6-2-16(18-4-8-25(27(32)12-18)30(36,37)38)10-23(21)28(22(20)9-15)19(13-39)14-40/h1-12H. The number of benzene rings is 4. The Hall–Kier alpha value is -4.96. The quantitative estimate of drug-likeness (QED) is 0.162. The van der Waals surface area contributed by atoms with Gasteiger partial charge in [-0.25, -0.2) is 8.78 Å². The number of halogens is 8. The topological polar surface area (TPSA) is 47.6 Å². The van der Waals surface area contributed by atoms with Gasteiger partial charge in [0.1, 0.15) is 29.3 Å². The van der Waals surface area contributed by atoms with Crippen molar-refractivity contribution in [2.75, 3.05) is 0 Å². The molecule has 0 aliphatic heterocycles. The average molecular weight is 552 g/mol. The number of hydrogen-bond acceptors (Lipinski definition) is 2. The lowest BCUT2D eigenvalue weighted by Gasteiger charge is -2.11. The predicted octanol–water partition coefficient (Wildman–Crippen LogP) is 9.17. The number of nitriles is 2. The van der Waals surface area contributed by atoms with Crippen LogP contribution in [0.3, 0.4) is 0 Å². The van der Waals surface area contributed by atoms with E-state index in [0.29, 0.717) is 45.5 Å². The molecule has 1 aliphatic rings. The molecule has 5 rings (SSSR count). The molecule has 0 bridgehead atoms. The van der Waals surface area contributed by atoms with E-state index in [1.54, 1.807) is 24.3 Å². The first-order valence-corrected chi connectivity index (χ1v) is 11.4. The highest BCUT2D eigenvalue weighted by Gasteiger charge is 2.35. The zero-order chi connectivity index (χ0) is 29.0. The third kappa shape index (κ3) is 4.48. The molecule has 10 heteroatoms. The number of fused-ring (bicyclic) bond motifs is 3. The summed E-state index contributed by atoms with van der Waals surface area (Å²) >= 11 is 0. The van der Waals surface area contributed by atoms with E-state index < -0.39 is 35.1 Å². The van der Waals surface area contributed by atoms with Crippen LogP contribution in [0.2, 0.25) is 0 Å². The molecule has 198 valence electrons. The Morgan fingerprint density at radius 2 is 0.850 bits per heavy atom. The minimum atomic E-state index is -4.87. The third-order valence-electron chi connectivity index (χ3n) is 6.56. The summed E-state index contributed by atoms with van der Waals surface area (Å²) < 4.78 is 107. The zero-order valence-corrected chi connectivity index (χ0v) is 19.8. The molecule has 0 saturated heterocycles. The van der Waals surface area contributed by atoms with Crippen LogP contribution in [0.15, 0.2) is 78.4 Å². The van der Waals surface area contributed by atoms with Gasteiger partial charge in [-0.2, -0.15) is 36.9 Å². The summed E-state index contributed by atoms with van der Waals surface area (Å²) in [5, 5.41) is 19.3. The predicted molar refractivity (Wildman–Crippen MR) is 130 cm³/mol. The van der Waals surface area contributed by atoms with E-state index >= 15 is 0 Å². The highest BCUT2D eigenvalue weighted by Crippen LogP contribution is 2.48. The summed E-state index contributed by atoms with van der Waals surface area (Å²) in [7, 11) is 0. The van der Waals surface area contributed by atoms with Gasteiger partial charge in [0.05, 0.1) is 11.1 Å². The maximum Gasteiger partial charge on any atom is 0.419 e. The van der Waals surface area contributed by atoms with Crippen molar-refractivity contribution in [2.45, 2.75) is 12.4 Å². The van der Waals surface area contributed by atoms with Gasteiger partial charge in [-0.1, -0.05) is 36.4 Å². The van der Waals surface area contributed by atoms with Gasteiger partial charge < -0.3 is 0 Å². The molecule has 0 N–H and O–H groups in total. The van der Waals surface area contributed by atoms with Crippen molar-refractivity contribution in [2.24, 2.45) is 0 Å². The van der Waals surface area contributed by atoms with Crippen molar-refractivity contribution < 1.29 is 35.1 Å². The fourth-order valence-electron chi connectivity index (χ4n) is 4.73. The lowest BCUT2D eigenvalue weighted by atomic mass is 9.94. The Labute approximate surface area is 221 Å². The second kappa shape index (κ2) is 9.35. The van der Waals surface area contributed by atoms with Gasteiger partial charge in [-0.15, -0.1) is 0 Å². The van der Waals surface area contributed by atoms with E-state index in [9.17, 15) is 45.6 Å². The maximum atomic E-state index is 14.3. The molecule has 0 saturated carbocycles. The first-order valence-electron chi connectivity index (χ1n) is 11.4. The minimum Gasteiger partial charge on any atom is -0.206 e. The van der Waals surface area contributed by atoms with Crippen molar-refractivity contribution in [1.29, 1.82) is 10.5 Å². The van der Waals surface area contributed by atoms with E-state index in [1.165, 1.54) is 12.1 Å². The molecule has 0 amide bonds. The lowest BCUT2D eigenvalue weighted by Crippen LogP contribution is -2.07. The van der Waals surface area contributed by atoms with Gasteiger partial charge in [-0.3, -0.25) is 0 Å². The van der Waals surface area contributed by atoms with Gasteiger partial charge in [0.2, 0.25) is 0 Å². The molecule has 0 radical (unpaired) electrons. The second-order valence-electron chi connectivity index (χ2n) is 8.88. The van der Waals surface area contributed by atoms with Crippen LogP contribution in [0.1, 0.15) is 22.3 Å². The van der Waals surface area contributed by atoms with Gasteiger partial charge in [0.15, 0.2) is 0 Å². The molecule has 0 fully saturated rings. The highest BCUT2D eigenvalue weighted by atomic mass is 19.4. The fraction of sp³-hybridized carbons (Fsp3) is 0.0667. The average Bonchev–Trinajstić information content (AvgIpc) is 3.21. The number of hydrogen-bond donors (Lipinski definition) is 0. The minimum absolute atomic E-state index is 0.125. The van der Waals surface area contributed by atoms with Crippen LogP contribution in [0.5, 0.6) is 0 Å². The van der Waals surface area contributed by atoms with Crippen molar-refractivity contribution in [3.05, 3.63) is 112 Å². The number of allylic oxidation sites excluding steroid dienone is 1. The normalized spacial score (nSPS) is 12.4. The third-order valence-corrected chi connectivity index (χ3v) is 6.56. The molecule has 0 atom stereocenters. The molecule has 0 spiro atoms. The van der Waals surface area contributed by atoms with E-state index in [4.69, 9.17) is 0 Å². The first kappa shape index (κ1) is 26.6. The molecule has 0 unspecified atom stereocenters. The molecule has 0 aromatic heterocycles. The summed E-state index contributed by atoms with van der Waals surface area (Å²) in [6.07, 6.45) is -9.75. The van der Waals surface area contributed by atoms with Crippen molar-refractivity contribution in [1.82, 2.24) is 0 Å². The Bertz CT molecular complexity index is 1680. The van der Waals surface area contributed by atoms with E-state index in [1.807, 2.05) is 12.1 Å². The molecular weight excluding hydrogens is 540 g/mol. The molecule has 4 aromatic rings. The van der Waals surface area contributed by atoms with Gasteiger partial charge in [0.25, 0.3) is 0 Å². The van der Waals surface area contributed by atoms with E-state index in [2.05, 4.69) is 0 Å². The first-order chi connectivity index (χ1) is 18.8. The van der Waals surface area contributed by atoms with E-state index in [-0.39, 0.29) is 22.3 Å². The van der Waals surface area contributed by atoms with Crippen molar-refractivity contribution in [3.63, 3.8) is 0 Å². The molecule has 4 aromatic carbocycles. The van der Waals surface area contributed by atoms with Crippen LogP contribution < -0.4 is 0 Å². The van der Waals surface area contributed by atoms with Crippen LogP contribution >= 0.6 is 0 Å². The van der Waals surface area contributed by atoms with Crippen LogP contribution in [0.25, 0.3) is 39.0 Å². The highest BCUT2D eigenvalue weighted by molar-refractivity contribution is 6.05. The Morgan fingerprint density at radius 3 is 1.18 bits per heavy atom. The lowest BCUT2D eigenvalue weighted by molar-refractivity contribution is -0.140. The maximum absolute atomic E-state index is 14.3. The number of nitrogens with zero attached hydrogens (tertiary/aromatic N) is 2. The van der Waals surface area contributed by atoms with Crippen molar-refractivity contribution >= 4 is 5.57 Å². The van der Waals surface area contributed by atoms with Crippen LogP contribution in [0, 0.1) is 34.3 Å². The van der Waals surface area contributed by atoms with E-state index in [0.717, 1.165) is 24.3 Å². The van der Waals surface area contributed by atoms with Crippen LogP contribution in [-0.2, 0) is 12.4 Å². The Morgan fingerprint density at radius 1 is 0.500 bits per heavy atom.